The van der Waals surface area contributed by atoms with Gasteiger partial charge in [-0.05, 0) is 11.6 Å². The number of carbonyl (C=O) groups is 1. The quantitative estimate of drug-likeness (QED) is 0.653. The number of amides is 1. The van der Waals surface area contributed by atoms with Crippen LogP contribution in [0.5, 0.6) is 5.88 Å². The van der Waals surface area contributed by atoms with Gasteiger partial charge in [0.1, 0.15) is 10.8 Å². The molecule has 3 aromatic heterocycles. The van der Waals surface area contributed by atoms with Gasteiger partial charge in [-0.25, -0.2) is 23.8 Å². The molecule has 3 rings (SSSR count). The van der Waals surface area contributed by atoms with E-state index in [9.17, 15) is 9.18 Å². The van der Waals surface area contributed by atoms with Crippen molar-refractivity contribution in [2.45, 2.75) is 6.54 Å². The summed E-state index contributed by atoms with van der Waals surface area (Å²) in [5, 5.41) is 10.9. The van der Waals surface area contributed by atoms with Gasteiger partial charge in [-0.15, -0.1) is 5.10 Å². The van der Waals surface area contributed by atoms with Gasteiger partial charge in [0.2, 0.25) is 0 Å². The zero-order valence-corrected chi connectivity index (χ0v) is 14.2. The molecule has 0 atom stereocenters. The Balaban J connectivity index is 1.80. The molecule has 0 spiro atoms. The number of halogens is 2. The fourth-order valence-electron chi connectivity index (χ4n) is 2.13. The van der Waals surface area contributed by atoms with Crippen LogP contribution in [0.15, 0.2) is 30.6 Å². The first-order valence-electron chi connectivity index (χ1n) is 7.31. The minimum absolute atomic E-state index is 0.0303. The molecule has 3 heterocycles. The number of aromatic nitrogens is 5. The number of rotatable bonds is 5. The van der Waals surface area contributed by atoms with E-state index in [1.54, 1.807) is 18.3 Å². The van der Waals surface area contributed by atoms with Crippen LogP contribution >= 0.6 is 11.6 Å². The number of anilines is 1. The number of hydrogen-bond acceptors (Lipinski definition) is 7. The van der Waals surface area contributed by atoms with Crippen molar-refractivity contribution < 1.29 is 13.9 Å². The molecule has 3 aromatic rings. The van der Waals surface area contributed by atoms with Crippen LogP contribution in [0.4, 0.5) is 14.9 Å². The Morgan fingerprint density at radius 1 is 1.35 bits per heavy atom. The van der Waals surface area contributed by atoms with E-state index in [4.69, 9.17) is 22.1 Å². The van der Waals surface area contributed by atoms with Crippen molar-refractivity contribution in [1.29, 1.82) is 0 Å². The molecule has 0 aliphatic rings. The molecule has 0 bridgehead atoms. The first kappa shape index (κ1) is 17.5. The van der Waals surface area contributed by atoms with Crippen LogP contribution in [0, 0.1) is 5.82 Å². The highest BCUT2D eigenvalue weighted by atomic mass is 35.5. The van der Waals surface area contributed by atoms with Crippen molar-refractivity contribution in [3.05, 3.63) is 47.1 Å². The van der Waals surface area contributed by atoms with Crippen molar-refractivity contribution >= 4 is 23.4 Å². The fraction of sp³-hybridized carbons (Fsp3) is 0.133. The van der Waals surface area contributed by atoms with E-state index >= 15 is 0 Å². The van der Waals surface area contributed by atoms with Gasteiger partial charge in [-0.1, -0.05) is 22.9 Å². The topological polar surface area (TPSA) is 121 Å². The molecule has 0 aliphatic carbocycles. The lowest BCUT2D eigenvalue weighted by atomic mass is 10.2. The van der Waals surface area contributed by atoms with Crippen molar-refractivity contribution in [1.82, 2.24) is 25.0 Å². The third kappa shape index (κ3) is 3.86. The highest BCUT2D eigenvalue weighted by Gasteiger charge is 2.21. The highest BCUT2D eigenvalue weighted by Crippen LogP contribution is 2.28. The molecule has 0 unspecified atom stereocenters. The number of nitrogens with two attached hydrogens (primary N) is 1. The summed E-state index contributed by atoms with van der Waals surface area (Å²) in [5.74, 6) is -0.768. The maximum Gasteiger partial charge on any atom is 0.411 e. The predicted molar refractivity (Wildman–Crippen MR) is 91.0 cm³/mol. The lowest BCUT2D eigenvalue weighted by molar-refractivity contribution is 0.207. The smallest absolute Gasteiger partial charge is 0.389 e. The van der Waals surface area contributed by atoms with Crippen LogP contribution in [0.1, 0.15) is 5.56 Å². The van der Waals surface area contributed by atoms with Gasteiger partial charge in [-0.2, -0.15) is 0 Å². The Hall–Kier alpha value is -3.27. The van der Waals surface area contributed by atoms with Crippen molar-refractivity contribution in [2.24, 2.45) is 12.8 Å². The molecule has 11 heteroatoms. The molecule has 26 heavy (non-hydrogen) atoms. The van der Waals surface area contributed by atoms with Gasteiger partial charge in [0.05, 0.1) is 11.9 Å². The highest BCUT2D eigenvalue weighted by molar-refractivity contribution is 6.29. The summed E-state index contributed by atoms with van der Waals surface area (Å²) in [5.41, 5.74) is 6.16. The number of carbonyl (C=O) groups excluding carboxylic acids is 1. The lowest BCUT2D eigenvalue weighted by Gasteiger charge is -2.08. The summed E-state index contributed by atoms with van der Waals surface area (Å²) >= 11 is 5.73. The third-order valence-corrected chi connectivity index (χ3v) is 3.55. The summed E-state index contributed by atoms with van der Waals surface area (Å²) in [7, 11) is 1.47. The zero-order valence-electron chi connectivity index (χ0n) is 13.5. The number of nitrogens with zero attached hydrogens (tertiary/aromatic N) is 5. The molecular formula is C15H13ClFN7O2. The van der Waals surface area contributed by atoms with Crippen LogP contribution in [0.25, 0.3) is 11.4 Å². The minimum Gasteiger partial charge on any atom is -0.389 e. The van der Waals surface area contributed by atoms with Crippen molar-refractivity contribution in [3.63, 3.8) is 0 Å². The van der Waals surface area contributed by atoms with E-state index in [1.807, 2.05) is 0 Å². The molecule has 0 saturated heterocycles. The van der Waals surface area contributed by atoms with E-state index in [0.29, 0.717) is 17.4 Å². The average Bonchev–Trinajstić information content (AvgIpc) is 2.95. The maximum absolute atomic E-state index is 14.5. The van der Waals surface area contributed by atoms with E-state index < -0.39 is 11.9 Å². The number of pyridine rings is 2. The Kier molecular flexibility index (Phi) is 4.94. The van der Waals surface area contributed by atoms with Crippen molar-refractivity contribution in [3.8, 4) is 17.3 Å². The second-order valence-electron chi connectivity index (χ2n) is 5.19. The molecule has 0 saturated carbocycles. The summed E-state index contributed by atoms with van der Waals surface area (Å²) in [6.07, 6.45) is 1.97. The van der Waals surface area contributed by atoms with E-state index in [1.165, 1.54) is 19.3 Å². The molecule has 9 nitrogen and oxygen atoms in total. The normalized spacial score (nSPS) is 10.6. The molecule has 0 aliphatic heterocycles. The van der Waals surface area contributed by atoms with Gasteiger partial charge in [0.25, 0.3) is 5.88 Å². The first-order valence-corrected chi connectivity index (χ1v) is 7.69. The Bertz CT molecular complexity index is 946. The number of aryl methyl sites for hydroxylation is 1. The average molecular weight is 378 g/mol. The number of ether oxygens (including phenoxy) is 1. The van der Waals surface area contributed by atoms with Crippen LogP contribution in [-0.4, -0.2) is 31.1 Å². The van der Waals surface area contributed by atoms with Gasteiger partial charge in [0.15, 0.2) is 11.5 Å². The van der Waals surface area contributed by atoms with Crippen LogP contribution < -0.4 is 15.8 Å². The molecular weight excluding hydrogens is 365 g/mol. The third-order valence-electron chi connectivity index (χ3n) is 3.32. The summed E-state index contributed by atoms with van der Waals surface area (Å²) in [6.45, 7) is 0.409. The number of primary amides is 1. The van der Waals surface area contributed by atoms with E-state index in [2.05, 4.69) is 25.6 Å². The number of nitrogens with one attached hydrogen (secondary N) is 1. The largest absolute Gasteiger partial charge is 0.411 e. The minimum atomic E-state index is -1.06. The molecule has 134 valence electrons. The fourth-order valence-corrected chi connectivity index (χ4v) is 2.24. The summed E-state index contributed by atoms with van der Waals surface area (Å²) < 4.78 is 20.4. The Morgan fingerprint density at radius 2 is 2.15 bits per heavy atom. The van der Waals surface area contributed by atoms with Crippen LogP contribution in [0.2, 0.25) is 5.15 Å². The monoisotopic (exact) mass is 377 g/mol. The zero-order chi connectivity index (χ0) is 18.7. The summed E-state index contributed by atoms with van der Waals surface area (Å²) in [4.78, 5) is 19.0. The Labute approximate surface area is 152 Å². The first-order chi connectivity index (χ1) is 12.4. The second-order valence-corrected chi connectivity index (χ2v) is 5.57. The van der Waals surface area contributed by atoms with Gasteiger partial charge in [-0.3, -0.25) is 0 Å². The predicted octanol–water partition coefficient (Wildman–Crippen LogP) is 2.13. The molecule has 0 aromatic carbocycles. The SMILES string of the molecule is Cn1nnc(-c2ncc(NCc3ccc(Cl)nc3)cc2F)c1OC(N)=O. The second kappa shape index (κ2) is 7.31. The maximum atomic E-state index is 14.5. The van der Waals surface area contributed by atoms with Gasteiger partial charge >= 0.3 is 6.09 Å². The van der Waals surface area contributed by atoms with Crippen LogP contribution in [0.3, 0.4) is 0 Å². The van der Waals surface area contributed by atoms with Crippen molar-refractivity contribution in [2.75, 3.05) is 5.32 Å². The van der Waals surface area contributed by atoms with E-state index in [0.717, 1.165) is 10.2 Å². The molecule has 0 radical (unpaired) electrons. The lowest BCUT2D eigenvalue weighted by Crippen LogP contribution is -2.18. The van der Waals surface area contributed by atoms with E-state index in [-0.39, 0.29) is 17.3 Å². The van der Waals surface area contributed by atoms with Gasteiger partial charge in [0, 0.05) is 25.9 Å². The van der Waals surface area contributed by atoms with Gasteiger partial charge < -0.3 is 15.8 Å². The van der Waals surface area contributed by atoms with Crippen LogP contribution in [-0.2, 0) is 13.6 Å². The molecule has 0 fully saturated rings. The standard InChI is InChI=1S/C15H13ClFN7O2/c1-24-14(26-15(18)25)13(22-23-24)12-10(17)4-9(7-21-12)19-5-8-2-3-11(16)20-6-8/h2-4,6-7,19H,5H2,1H3,(H2,18,25). The Morgan fingerprint density at radius 3 is 2.81 bits per heavy atom. The summed E-state index contributed by atoms with van der Waals surface area (Å²) in [6, 6.07) is 4.71. The number of hydrogen-bond donors (Lipinski definition) is 2. The molecule has 3 N–H and O–H groups in total. The molecule has 1 amide bonds.